The van der Waals surface area contributed by atoms with Gasteiger partial charge in [-0.25, -0.2) is 17.8 Å². The lowest BCUT2D eigenvalue weighted by molar-refractivity contribution is -0.140. The minimum absolute atomic E-state index is 0.00779. The van der Waals surface area contributed by atoms with Gasteiger partial charge in [0.2, 0.25) is 5.88 Å². The van der Waals surface area contributed by atoms with Gasteiger partial charge in [-0.05, 0) is 65.8 Å². The third-order valence-electron chi connectivity index (χ3n) is 7.90. The van der Waals surface area contributed by atoms with E-state index in [0.717, 1.165) is 29.5 Å². The van der Waals surface area contributed by atoms with Crippen LogP contribution in [0.5, 0.6) is 11.6 Å². The van der Waals surface area contributed by atoms with E-state index in [0.29, 0.717) is 12.2 Å². The first-order valence-electron chi connectivity index (χ1n) is 12.8. The monoisotopic (exact) mass is 593 g/mol. The molecule has 0 radical (unpaired) electrons. The number of fused-ring (bicyclic) bond motifs is 3. The Morgan fingerprint density at radius 2 is 1.88 bits per heavy atom. The molecule has 0 spiro atoms. The first kappa shape index (κ1) is 28.8. The second-order valence-corrected chi connectivity index (χ2v) is 13.0. The Balaban J connectivity index is 1.31. The molecule has 12 heteroatoms. The maximum Gasteiger partial charge on any atom is 0.421 e. The third kappa shape index (κ3) is 5.74. The zero-order valence-electron chi connectivity index (χ0n) is 22.2. The molecule has 0 bridgehead atoms. The van der Waals surface area contributed by atoms with Crippen molar-refractivity contribution in [2.45, 2.75) is 38.0 Å². The summed E-state index contributed by atoms with van der Waals surface area (Å²) in [5.74, 6) is -2.18. The molecule has 1 heterocycles. The van der Waals surface area contributed by atoms with Crippen LogP contribution in [0.1, 0.15) is 35.6 Å². The number of aliphatic carboxylic acids is 1. The number of carboxylic acids is 1. The molecule has 0 saturated heterocycles. The minimum Gasteiger partial charge on any atom is -0.489 e. The molecular weight excluding hydrogens is 566 g/mol. The Morgan fingerprint density at radius 3 is 2.56 bits per heavy atom. The molecule has 3 aromatic rings. The number of hydrogen-bond donors (Lipinski definition) is 1. The van der Waals surface area contributed by atoms with Gasteiger partial charge in [-0.3, -0.25) is 4.79 Å². The van der Waals surface area contributed by atoms with Gasteiger partial charge in [0.15, 0.2) is 0 Å². The molecule has 1 fully saturated rings. The van der Waals surface area contributed by atoms with Crippen LogP contribution in [0, 0.1) is 17.7 Å². The van der Waals surface area contributed by atoms with Gasteiger partial charge in [0.05, 0.1) is 18.3 Å². The maximum atomic E-state index is 14.6. The Bertz CT molecular complexity index is 1620. The largest absolute Gasteiger partial charge is 0.489 e. The third-order valence-corrected chi connectivity index (χ3v) is 8.93. The number of nitrogens with zero attached hydrogens (tertiary/aromatic N) is 1. The molecule has 1 N–H and O–H groups in total. The number of pyridine rings is 1. The van der Waals surface area contributed by atoms with Crippen molar-refractivity contribution >= 4 is 15.8 Å². The lowest BCUT2D eigenvalue weighted by Gasteiger charge is -2.15. The average Bonchev–Trinajstić information content (AvgIpc) is 3.38. The molecule has 0 aliphatic heterocycles. The smallest absolute Gasteiger partial charge is 0.421 e. The molecule has 41 heavy (non-hydrogen) atoms. The van der Waals surface area contributed by atoms with E-state index in [1.807, 2.05) is 19.1 Å². The zero-order valence-corrected chi connectivity index (χ0v) is 23.0. The zero-order chi connectivity index (χ0) is 29.7. The van der Waals surface area contributed by atoms with Crippen LogP contribution in [-0.4, -0.2) is 43.1 Å². The van der Waals surface area contributed by atoms with Crippen molar-refractivity contribution in [1.29, 1.82) is 0 Å². The van der Waals surface area contributed by atoms with Crippen molar-refractivity contribution < 1.29 is 45.4 Å². The fourth-order valence-electron chi connectivity index (χ4n) is 5.76. The van der Waals surface area contributed by atoms with Crippen LogP contribution in [0.3, 0.4) is 0 Å². The molecule has 2 aliphatic carbocycles. The summed E-state index contributed by atoms with van der Waals surface area (Å²) in [5.41, 5.74) is 0.941. The van der Waals surface area contributed by atoms with Gasteiger partial charge in [0.25, 0.3) is 0 Å². The highest BCUT2D eigenvalue weighted by molar-refractivity contribution is 7.90. The van der Waals surface area contributed by atoms with Crippen molar-refractivity contribution in [1.82, 2.24) is 4.98 Å². The maximum absolute atomic E-state index is 14.6. The highest BCUT2D eigenvalue weighted by Gasteiger charge is 2.69. The predicted octanol–water partition coefficient (Wildman–Crippen LogP) is 5.44. The molecule has 2 aromatic carbocycles. The van der Waals surface area contributed by atoms with Crippen molar-refractivity contribution in [2.24, 2.45) is 11.8 Å². The number of halogens is 4. The van der Waals surface area contributed by atoms with Gasteiger partial charge in [-0.15, -0.1) is 0 Å². The Kier molecular flexibility index (Phi) is 7.25. The lowest BCUT2D eigenvalue weighted by Crippen LogP contribution is -2.13. The van der Waals surface area contributed by atoms with Crippen LogP contribution < -0.4 is 9.47 Å². The normalized spacial score (nSPS) is 21.2. The van der Waals surface area contributed by atoms with Crippen LogP contribution in [0.2, 0.25) is 0 Å². The first-order chi connectivity index (χ1) is 19.2. The second kappa shape index (κ2) is 10.3. The van der Waals surface area contributed by atoms with Gasteiger partial charge in [-0.1, -0.05) is 19.1 Å². The van der Waals surface area contributed by atoms with Gasteiger partial charge >= 0.3 is 12.1 Å². The number of carbonyl (C=O) groups is 1. The van der Waals surface area contributed by atoms with Crippen molar-refractivity contribution in [2.75, 3.05) is 18.6 Å². The average molecular weight is 594 g/mol. The summed E-state index contributed by atoms with van der Waals surface area (Å²) in [6.07, 6.45) is -1.97. The van der Waals surface area contributed by atoms with E-state index in [4.69, 9.17) is 9.47 Å². The van der Waals surface area contributed by atoms with Crippen LogP contribution in [-0.2, 0) is 39.3 Å². The van der Waals surface area contributed by atoms with E-state index in [1.54, 1.807) is 6.07 Å². The summed E-state index contributed by atoms with van der Waals surface area (Å²) in [7, 11) is -3.28. The number of aromatic nitrogens is 1. The van der Waals surface area contributed by atoms with E-state index >= 15 is 0 Å². The molecule has 1 saturated carbocycles. The molecule has 0 unspecified atom stereocenters. The highest BCUT2D eigenvalue weighted by Crippen LogP contribution is 2.66. The SMILES string of the molecule is C[C@]12c3ccc(OCc4cc(-c5cnc(OCCCS(C)(=O)=O)c(C(F)(F)F)c5)ccc4F)cc3C[C@H]1[C@@H]2C(=O)O. The number of ether oxygens (including phenoxy) is 2. The van der Waals surface area contributed by atoms with E-state index in [9.17, 15) is 35.9 Å². The van der Waals surface area contributed by atoms with Crippen molar-refractivity contribution in [3.63, 3.8) is 0 Å². The quantitative estimate of drug-likeness (QED) is 0.247. The van der Waals surface area contributed by atoms with Gasteiger partial charge in [-0.2, -0.15) is 13.2 Å². The van der Waals surface area contributed by atoms with Crippen molar-refractivity contribution in [3.8, 4) is 22.8 Å². The number of hydrogen-bond acceptors (Lipinski definition) is 6. The number of rotatable bonds is 10. The second-order valence-electron chi connectivity index (χ2n) is 10.7. The van der Waals surface area contributed by atoms with Gasteiger partial charge in [0.1, 0.15) is 33.6 Å². The molecule has 3 atom stereocenters. The summed E-state index contributed by atoms with van der Waals surface area (Å²) < 4.78 is 89.4. The lowest BCUT2D eigenvalue weighted by atomic mass is 9.93. The first-order valence-corrected chi connectivity index (χ1v) is 14.9. The van der Waals surface area contributed by atoms with Crippen LogP contribution in [0.4, 0.5) is 17.6 Å². The topological polar surface area (TPSA) is 103 Å². The van der Waals surface area contributed by atoms with E-state index in [1.165, 1.54) is 18.3 Å². The summed E-state index contributed by atoms with van der Waals surface area (Å²) >= 11 is 0. The Labute approximate surface area is 234 Å². The van der Waals surface area contributed by atoms with Gasteiger partial charge in [0, 0.05) is 29.0 Å². The standard InChI is InChI=1S/C29H27F4NO6S/c1-28-21-6-5-20(11-17(21)12-22(28)25(28)27(35)36)40-15-19-10-16(4-7-24(19)30)18-13-23(29(31,32)33)26(34-14-18)39-8-3-9-41(2,37)38/h4-7,10-11,13-14,22,25H,3,8-9,12,15H2,1-2H3,(H,35,36)/t22-,25+,28-/m0/s1. The van der Waals surface area contributed by atoms with E-state index < -0.39 is 45.2 Å². The Morgan fingerprint density at radius 1 is 1.12 bits per heavy atom. The molecule has 218 valence electrons. The summed E-state index contributed by atoms with van der Waals surface area (Å²) in [6, 6.07) is 10.1. The molecular formula is C29H27F4NO6S. The molecule has 5 rings (SSSR count). The summed E-state index contributed by atoms with van der Waals surface area (Å²) in [5, 5.41) is 9.44. The van der Waals surface area contributed by atoms with E-state index in [2.05, 4.69) is 4.98 Å². The van der Waals surface area contributed by atoms with E-state index in [-0.39, 0.29) is 53.4 Å². The fraction of sp³-hybridized carbons (Fsp3) is 0.379. The van der Waals surface area contributed by atoms with Crippen LogP contribution in [0.15, 0.2) is 48.7 Å². The summed E-state index contributed by atoms with van der Waals surface area (Å²) in [4.78, 5) is 15.3. The highest BCUT2D eigenvalue weighted by atomic mass is 32.2. The molecule has 1 aromatic heterocycles. The molecule has 0 amide bonds. The van der Waals surface area contributed by atoms with Crippen LogP contribution >= 0.6 is 0 Å². The predicted molar refractivity (Wildman–Crippen MR) is 141 cm³/mol. The Hall–Kier alpha value is -3.67. The summed E-state index contributed by atoms with van der Waals surface area (Å²) in [6.45, 7) is 1.50. The number of benzene rings is 2. The minimum atomic E-state index is -4.79. The number of sulfone groups is 1. The van der Waals surface area contributed by atoms with Crippen LogP contribution in [0.25, 0.3) is 11.1 Å². The van der Waals surface area contributed by atoms with Gasteiger partial charge < -0.3 is 14.6 Å². The molecule has 2 aliphatic rings. The molecule has 7 nitrogen and oxygen atoms in total. The van der Waals surface area contributed by atoms with Crippen molar-refractivity contribution in [3.05, 3.63) is 76.7 Å². The number of carboxylic acid groups (broad SMARTS) is 1. The fourth-order valence-corrected chi connectivity index (χ4v) is 6.41. The number of alkyl halides is 3.